The summed E-state index contributed by atoms with van der Waals surface area (Å²) in [6, 6.07) is 1.63. The number of hydrogen-bond donors (Lipinski definition) is 2. The van der Waals surface area contributed by atoms with Crippen LogP contribution in [0.2, 0.25) is 0 Å². The van der Waals surface area contributed by atoms with Crippen molar-refractivity contribution in [1.29, 1.82) is 0 Å². The highest BCUT2D eigenvalue weighted by Gasteiger charge is 2.17. The van der Waals surface area contributed by atoms with Crippen LogP contribution in [0.5, 0.6) is 0 Å². The van der Waals surface area contributed by atoms with Gasteiger partial charge in [0.25, 0.3) is 5.91 Å². The van der Waals surface area contributed by atoms with E-state index in [9.17, 15) is 9.59 Å². The van der Waals surface area contributed by atoms with Crippen LogP contribution in [0.4, 0.5) is 5.00 Å². The van der Waals surface area contributed by atoms with Crippen molar-refractivity contribution in [3.63, 3.8) is 0 Å². The van der Waals surface area contributed by atoms with Gasteiger partial charge in [-0.2, -0.15) is 0 Å². The van der Waals surface area contributed by atoms with Crippen molar-refractivity contribution in [2.24, 2.45) is 11.7 Å². The fraction of sp³-hybridized carbons (Fsp3) is 0.571. The molecule has 1 aliphatic rings. The predicted octanol–water partition coefficient (Wildman–Crippen LogP) is 1.91. The Labute approximate surface area is 123 Å². The fourth-order valence-electron chi connectivity index (χ4n) is 2.54. The Morgan fingerprint density at radius 3 is 3.05 bits per heavy atom. The molecule has 0 bridgehead atoms. The molecule has 2 rings (SSSR count). The van der Waals surface area contributed by atoms with E-state index in [1.54, 1.807) is 11.4 Å². The number of carbonyl (C=O) groups excluding carboxylic acids is 2. The first-order valence-corrected chi connectivity index (χ1v) is 7.83. The van der Waals surface area contributed by atoms with E-state index in [1.807, 2.05) is 0 Å². The highest BCUT2D eigenvalue weighted by atomic mass is 32.1. The zero-order valence-corrected chi connectivity index (χ0v) is 12.5. The van der Waals surface area contributed by atoms with Crippen LogP contribution in [0.3, 0.4) is 0 Å². The van der Waals surface area contributed by atoms with Gasteiger partial charge in [-0.1, -0.05) is 6.92 Å². The lowest BCUT2D eigenvalue weighted by molar-refractivity contribution is -0.116. The van der Waals surface area contributed by atoms with E-state index >= 15 is 0 Å². The molecule has 2 heterocycles. The zero-order chi connectivity index (χ0) is 14.5. The fourth-order valence-corrected chi connectivity index (χ4v) is 3.35. The number of primary amides is 1. The number of piperidine rings is 1. The van der Waals surface area contributed by atoms with E-state index in [-0.39, 0.29) is 5.91 Å². The first kappa shape index (κ1) is 15.0. The molecule has 20 heavy (non-hydrogen) atoms. The lowest BCUT2D eigenvalue weighted by atomic mass is 10.0. The molecule has 1 fully saturated rings. The number of carbonyl (C=O) groups is 2. The second kappa shape index (κ2) is 6.85. The topological polar surface area (TPSA) is 75.4 Å². The van der Waals surface area contributed by atoms with E-state index in [0.29, 0.717) is 22.9 Å². The molecular formula is C14H21N3O2S. The Morgan fingerprint density at radius 1 is 1.55 bits per heavy atom. The van der Waals surface area contributed by atoms with Crippen LogP contribution in [-0.4, -0.2) is 36.3 Å². The van der Waals surface area contributed by atoms with Gasteiger partial charge >= 0.3 is 0 Å². The number of hydrogen-bond acceptors (Lipinski definition) is 4. The van der Waals surface area contributed by atoms with Gasteiger partial charge in [0.05, 0.1) is 5.56 Å². The van der Waals surface area contributed by atoms with Crippen LogP contribution in [0.25, 0.3) is 0 Å². The number of thiophene rings is 1. The average molecular weight is 295 g/mol. The smallest absolute Gasteiger partial charge is 0.251 e. The molecule has 0 saturated carbocycles. The second-order valence-corrected chi connectivity index (χ2v) is 6.29. The third-order valence-corrected chi connectivity index (χ3v) is 4.41. The van der Waals surface area contributed by atoms with E-state index < -0.39 is 5.91 Å². The molecule has 2 amide bonds. The maximum absolute atomic E-state index is 11.9. The van der Waals surface area contributed by atoms with Crippen molar-refractivity contribution < 1.29 is 9.59 Å². The molecule has 0 aromatic carbocycles. The first-order chi connectivity index (χ1) is 9.56. The number of nitrogens with one attached hydrogen (secondary N) is 1. The summed E-state index contributed by atoms with van der Waals surface area (Å²) in [6.07, 6.45) is 2.93. The zero-order valence-electron chi connectivity index (χ0n) is 11.7. The first-order valence-electron chi connectivity index (χ1n) is 6.95. The summed E-state index contributed by atoms with van der Waals surface area (Å²) in [5, 5.41) is 5.08. The summed E-state index contributed by atoms with van der Waals surface area (Å²) in [5.74, 6) is 0.144. The van der Waals surface area contributed by atoms with Crippen LogP contribution in [0.1, 0.15) is 36.5 Å². The monoisotopic (exact) mass is 295 g/mol. The van der Waals surface area contributed by atoms with Gasteiger partial charge in [-0.3, -0.25) is 9.59 Å². The van der Waals surface area contributed by atoms with Crippen molar-refractivity contribution in [2.45, 2.75) is 26.2 Å². The largest absolute Gasteiger partial charge is 0.366 e. The molecule has 0 radical (unpaired) electrons. The van der Waals surface area contributed by atoms with Gasteiger partial charge in [0.1, 0.15) is 5.00 Å². The number of rotatable bonds is 5. The van der Waals surface area contributed by atoms with Gasteiger partial charge in [-0.25, -0.2) is 0 Å². The highest BCUT2D eigenvalue weighted by molar-refractivity contribution is 7.14. The van der Waals surface area contributed by atoms with Gasteiger partial charge in [-0.15, -0.1) is 11.3 Å². The third kappa shape index (κ3) is 4.05. The molecule has 1 saturated heterocycles. The van der Waals surface area contributed by atoms with Crippen molar-refractivity contribution in [3.8, 4) is 0 Å². The highest BCUT2D eigenvalue weighted by Crippen LogP contribution is 2.23. The molecule has 1 atom stereocenters. The van der Waals surface area contributed by atoms with E-state index in [4.69, 9.17) is 5.73 Å². The van der Waals surface area contributed by atoms with Crippen LogP contribution >= 0.6 is 11.3 Å². The summed E-state index contributed by atoms with van der Waals surface area (Å²) in [6.45, 7) is 5.16. The Kier molecular flexibility index (Phi) is 5.14. The summed E-state index contributed by atoms with van der Waals surface area (Å²) in [7, 11) is 0. The number of nitrogens with zero attached hydrogens (tertiary/aromatic N) is 1. The number of nitrogens with two attached hydrogens (primary N) is 1. The summed E-state index contributed by atoms with van der Waals surface area (Å²) in [4.78, 5) is 25.4. The molecule has 1 aromatic heterocycles. The van der Waals surface area contributed by atoms with Crippen molar-refractivity contribution in [2.75, 3.05) is 25.0 Å². The average Bonchev–Trinajstić information content (AvgIpc) is 2.85. The van der Waals surface area contributed by atoms with Gasteiger partial charge in [0.15, 0.2) is 0 Å². The molecule has 6 heteroatoms. The van der Waals surface area contributed by atoms with Gasteiger partial charge in [0.2, 0.25) is 5.91 Å². The third-order valence-electron chi connectivity index (χ3n) is 3.58. The minimum atomic E-state index is -0.508. The van der Waals surface area contributed by atoms with E-state index in [0.717, 1.165) is 19.6 Å². The van der Waals surface area contributed by atoms with Gasteiger partial charge < -0.3 is 16.0 Å². The second-order valence-electron chi connectivity index (χ2n) is 5.37. The lowest BCUT2D eigenvalue weighted by Gasteiger charge is -2.30. The van der Waals surface area contributed by atoms with Crippen molar-refractivity contribution >= 4 is 28.2 Å². The van der Waals surface area contributed by atoms with Crippen LogP contribution < -0.4 is 11.1 Å². The molecule has 1 aromatic rings. The number of likely N-dealkylation sites (tertiary alicyclic amines) is 1. The van der Waals surface area contributed by atoms with Crippen LogP contribution in [0, 0.1) is 5.92 Å². The molecule has 5 nitrogen and oxygen atoms in total. The van der Waals surface area contributed by atoms with Crippen molar-refractivity contribution in [3.05, 3.63) is 17.0 Å². The Morgan fingerprint density at radius 2 is 2.35 bits per heavy atom. The molecule has 1 aliphatic heterocycles. The molecule has 0 unspecified atom stereocenters. The molecule has 0 aliphatic carbocycles. The van der Waals surface area contributed by atoms with Crippen LogP contribution in [0.15, 0.2) is 11.4 Å². The van der Waals surface area contributed by atoms with Crippen molar-refractivity contribution in [1.82, 2.24) is 4.90 Å². The summed E-state index contributed by atoms with van der Waals surface area (Å²) in [5.41, 5.74) is 5.63. The Hall–Kier alpha value is -1.40. The quantitative estimate of drug-likeness (QED) is 0.871. The summed E-state index contributed by atoms with van der Waals surface area (Å²) >= 11 is 1.32. The maximum Gasteiger partial charge on any atom is 0.251 e. The standard InChI is InChI=1S/C14H21N3O2S/c1-10-3-2-6-17(9-10)7-4-12(18)16-14-11(13(15)19)5-8-20-14/h5,8,10H,2-4,6-7,9H2,1H3,(H2,15,19)(H,16,18)/t10-/m0/s1. The SMILES string of the molecule is C[C@H]1CCCN(CCC(=O)Nc2sccc2C(N)=O)C1. The molecular weight excluding hydrogens is 274 g/mol. The minimum Gasteiger partial charge on any atom is -0.366 e. The van der Waals surface area contributed by atoms with Crippen LogP contribution in [-0.2, 0) is 4.79 Å². The summed E-state index contributed by atoms with van der Waals surface area (Å²) < 4.78 is 0. The Bertz CT molecular complexity index is 487. The van der Waals surface area contributed by atoms with Gasteiger partial charge in [0, 0.05) is 19.5 Å². The normalized spacial score (nSPS) is 19.8. The molecule has 0 spiro atoms. The number of amides is 2. The Balaban J connectivity index is 1.80. The predicted molar refractivity (Wildman–Crippen MR) is 80.9 cm³/mol. The molecule has 110 valence electrons. The number of anilines is 1. The van der Waals surface area contributed by atoms with E-state index in [1.165, 1.54) is 24.2 Å². The lowest BCUT2D eigenvalue weighted by Crippen LogP contribution is -2.36. The molecule has 3 N–H and O–H groups in total. The minimum absolute atomic E-state index is 0.0619. The maximum atomic E-state index is 11.9. The van der Waals surface area contributed by atoms with Gasteiger partial charge in [-0.05, 0) is 36.8 Å². The van der Waals surface area contributed by atoms with E-state index in [2.05, 4.69) is 17.1 Å².